The molecule has 1 heterocycles. The average Bonchev–Trinajstić information content (AvgIpc) is 2.84. The fraction of sp³-hybridized carbons (Fsp3) is 0.433. The zero-order chi connectivity index (χ0) is 22.4. The molecule has 1 aromatic heterocycles. The van der Waals surface area contributed by atoms with E-state index < -0.39 is 0 Å². The third-order valence-electron chi connectivity index (χ3n) is 6.04. The summed E-state index contributed by atoms with van der Waals surface area (Å²) >= 11 is 0. The Morgan fingerprint density at radius 3 is 1.91 bits per heavy atom. The lowest BCUT2D eigenvalue weighted by Gasteiger charge is -2.08. The largest absolute Gasteiger partial charge is 0.494 e. The molecule has 3 aromatic rings. The molecular formula is C30H39NO. The molecule has 0 aliphatic rings. The van der Waals surface area contributed by atoms with Crippen molar-refractivity contribution in [2.24, 2.45) is 0 Å². The highest BCUT2D eigenvalue weighted by atomic mass is 16.5. The van der Waals surface area contributed by atoms with Crippen LogP contribution in [0.4, 0.5) is 0 Å². The molecule has 170 valence electrons. The molecular weight excluding hydrogens is 390 g/mol. The van der Waals surface area contributed by atoms with Gasteiger partial charge in [-0.1, -0.05) is 88.4 Å². The van der Waals surface area contributed by atoms with Crippen LogP contribution in [0.2, 0.25) is 0 Å². The number of hydrogen-bond donors (Lipinski definition) is 0. The Kier molecular flexibility index (Phi) is 10.3. The van der Waals surface area contributed by atoms with Gasteiger partial charge in [0.2, 0.25) is 0 Å². The first-order valence-corrected chi connectivity index (χ1v) is 12.5. The molecule has 0 aliphatic carbocycles. The van der Waals surface area contributed by atoms with Crippen molar-refractivity contribution < 1.29 is 4.74 Å². The van der Waals surface area contributed by atoms with E-state index >= 15 is 0 Å². The molecule has 0 bridgehead atoms. The molecule has 3 rings (SSSR count). The zero-order valence-electron chi connectivity index (χ0n) is 20.0. The summed E-state index contributed by atoms with van der Waals surface area (Å²) in [6, 6.07) is 21.8. The van der Waals surface area contributed by atoms with Crippen LogP contribution < -0.4 is 4.74 Å². The minimum absolute atomic E-state index is 0.818. The van der Waals surface area contributed by atoms with Crippen molar-refractivity contribution in [3.63, 3.8) is 0 Å². The number of aromatic nitrogens is 1. The molecule has 0 unspecified atom stereocenters. The second-order valence-corrected chi connectivity index (χ2v) is 8.76. The van der Waals surface area contributed by atoms with Gasteiger partial charge in [-0.05, 0) is 67.0 Å². The molecule has 2 nitrogen and oxygen atoms in total. The predicted octanol–water partition coefficient (Wildman–Crippen LogP) is 8.23. The summed E-state index contributed by atoms with van der Waals surface area (Å²) in [5.74, 6) is 0.979. The van der Waals surface area contributed by atoms with Gasteiger partial charge in [0, 0.05) is 11.8 Å². The van der Waals surface area contributed by atoms with Gasteiger partial charge in [0.15, 0.2) is 0 Å². The number of aryl methyl sites for hydroxylation is 3. The van der Waals surface area contributed by atoms with Gasteiger partial charge in [0.25, 0.3) is 0 Å². The highest BCUT2D eigenvalue weighted by Gasteiger charge is 2.03. The SMILES string of the molecule is CCCCCCOc1ccc(CCc2ccc(-c3ccc(CCCCC)cc3)nc2)cc1. The summed E-state index contributed by atoms with van der Waals surface area (Å²) in [6.07, 6.45) is 14.0. The summed E-state index contributed by atoms with van der Waals surface area (Å²) < 4.78 is 5.85. The third-order valence-corrected chi connectivity index (χ3v) is 6.04. The van der Waals surface area contributed by atoms with Crippen LogP contribution in [0, 0.1) is 0 Å². The average molecular weight is 430 g/mol. The predicted molar refractivity (Wildman–Crippen MR) is 136 cm³/mol. The molecule has 2 aromatic carbocycles. The van der Waals surface area contributed by atoms with Gasteiger partial charge in [0.1, 0.15) is 5.75 Å². The van der Waals surface area contributed by atoms with Crippen LogP contribution in [0.1, 0.15) is 75.5 Å². The van der Waals surface area contributed by atoms with E-state index in [0.29, 0.717) is 0 Å². The van der Waals surface area contributed by atoms with E-state index in [0.717, 1.165) is 37.3 Å². The Morgan fingerprint density at radius 2 is 1.22 bits per heavy atom. The lowest BCUT2D eigenvalue weighted by molar-refractivity contribution is 0.305. The minimum atomic E-state index is 0.818. The van der Waals surface area contributed by atoms with Crippen molar-refractivity contribution in [2.75, 3.05) is 6.61 Å². The van der Waals surface area contributed by atoms with Crippen LogP contribution in [0.25, 0.3) is 11.3 Å². The monoisotopic (exact) mass is 429 g/mol. The van der Waals surface area contributed by atoms with Gasteiger partial charge in [-0.3, -0.25) is 4.98 Å². The maximum Gasteiger partial charge on any atom is 0.119 e. The van der Waals surface area contributed by atoms with E-state index in [1.807, 2.05) is 6.20 Å². The summed E-state index contributed by atoms with van der Waals surface area (Å²) in [5, 5.41) is 0. The van der Waals surface area contributed by atoms with E-state index in [2.05, 4.69) is 74.5 Å². The molecule has 0 saturated heterocycles. The first kappa shape index (κ1) is 24.0. The molecule has 0 saturated carbocycles. The Hall–Kier alpha value is -2.61. The Bertz CT molecular complexity index is 882. The molecule has 2 heteroatoms. The molecule has 0 fully saturated rings. The van der Waals surface area contributed by atoms with Crippen LogP contribution in [0.3, 0.4) is 0 Å². The number of benzene rings is 2. The Labute approximate surface area is 195 Å². The van der Waals surface area contributed by atoms with Crippen molar-refractivity contribution in [3.8, 4) is 17.0 Å². The molecule has 0 radical (unpaired) electrons. The number of rotatable bonds is 14. The smallest absolute Gasteiger partial charge is 0.119 e. The zero-order valence-corrected chi connectivity index (χ0v) is 20.0. The van der Waals surface area contributed by atoms with Gasteiger partial charge < -0.3 is 4.74 Å². The Morgan fingerprint density at radius 1 is 0.594 bits per heavy atom. The van der Waals surface area contributed by atoms with Crippen molar-refractivity contribution >= 4 is 0 Å². The van der Waals surface area contributed by atoms with Crippen LogP contribution in [0.5, 0.6) is 5.75 Å². The van der Waals surface area contributed by atoms with E-state index in [1.165, 1.54) is 67.2 Å². The molecule has 0 amide bonds. The molecule has 0 aliphatic heterocycles. The normalized spacial score (nSPS) is 10.9. The number of pyridine rings is 1. The standard InChI is InChI=1S/C30H39NO/c1-3-5-7-9-23-32-29-20-15-26(16-21-29)11-12-27-17-22-30(31-24-27)28-18-13-25(14-19-28)10-8-6-4-2/h13-22,24H,3-12,23H2,1-2H3. The lowest BCUT2D eigenvalue weighted by Crippen LogP contribution is -1.98. The van der Waals surface area contributed by atoms with Gasteiger partial charge in [-0.25, -0.2) is 0 Å². The van der Waals surface area contributed by atoms with Gasteiger partial charge in [-0.2, -0.15) is 0 Å². The number of hydrogen-bond acceptors (Lipinski definition) is 2. The second-order valence-electron chi connectivity index (χ2n) is 8.76. The first-order valence-electron chi connectivity index (χ1n) is 12.5. The topological polar surface area (TPSA) is 22.1 Å². The van der Waals surface area contributed by atoms with E-state index in [4.69, 9.17) is 9.72 Å². The minimum Gasteiger partial charge on any atom is -0.494 e. The fourth-order valence-electron chi connectivity index (χ4n) is 3.92. The molecule has 0 N–H and O–H groups in total. The Balaban J connectivity index is 1.44. The van der Waals surface area contributed by atoms with E-state index in [9.17, 15) is 0 Å². The third kappa shape index (κ3) is 8.15. The number of unbranched alkanes of at least 4 members (excludes halogenated alkanes) is 5. The van der Waals surface area contributed by atoms with Crippen molar-refractivity contribution in [3.05, 3.63) is 83.6 Å². The first-order chi connectivity index (χ1) is 15.8. The summed E-state index contributed by atoms with van der Waals surface area (Å²) in [5.41, 5.74) is 6.29. The molecule has 0 atom stereocenters. The van der Waals surface area contributed by atoms with Crippen molar-refractivity contribution in [1.29, 1.82) is 0 Å². The summed E-state index contributed by atoms with van der Waals surface area (Å²) in [4.78, 5) is 4.72. The lowest BCUT2D eigenvalue weighted by atomic mass is 10.0. The highest BCUT2D eigenvalue weighted by Crippen LogP contribution is 2.20. The fourth-order valence-corrected chi connectivity index (χ4v) is 3.92. The maximum absolute atomic E-state index is 5.85. The number of nitrogens with zero attached hydrogens (tertiary/aromatic N) is 1. The van der Waals surface area contributed by atoms with Crippen LogP contribution in [-0.4, -0.2) is 11.6 Å². The quantitative estimate of drug-likeness (QED) is 0.241. The summed E-state index contributed by atoms with van der Waals surface area (Å²) in [6.45, 7) is 5.30. The van der Waals surface area contributed by atoms with Gasteiger partial charge in [0.05, 0.1) is 12.3 Å². The molecule has 0 spiro atoms. The van der Waals surface area contributed by atoms with Crippen LogP contribution in [-0.2, 0) is 19.3 Å². The van der Waals surface area contributed by atoms with Crippen molar-refractivity contribution in [2.45, 2.75) is 78.1 Å². The van der Waals surface area contributed by atoms with Crippen LogP contribution in [0.15, 0.2) is 66.9 Å². The van der Waals surface area contributed by atoms with Crippen molar-refractivity contribution in [1.82, 2.24) is 4.98 Å². The van der Waals surface area contributed by atoms with Crippen LogP contribution >= 0.6 is 0 Å². The van der Waals surface area contributed by atoms with E-state index in [1.54, 1.807) is 0 Å². The van der Waals surface area contributed by atoms with Gasteiger partial charge >= 0.3 is 0 Å². The summed E-state index contributed by atoms with van der Waals surface area (Å²) in [7, 11) is 0. The second kappa shape index (κ2) is 13.7. The maximum atomic E-state index is 5.85. The number of ether oxygens (including phenoxy) is 1. The molecule has 32 heavy (non-hydrogen) atoms. The highest BCUT2D eigenvalue weighted by molar-refractivity contribution is 5.59. The van der Waals surface area contributed by atoms with E-state index in [-0.39, 0.29) is 0 Å². The van der Waals surface area contributed by atoms with Gasteiger partial charge in [-0.15, -0.1) is 0 Å².